The van der Waals surface area contributed by atoms with Gasteiger partial charge >= 0.3 is 0 Å². The van der Waals surface area contributed by atoms with E-state index in [1.807, 2.05) is 41.3 Å². The van der Waals surface area contributed by atoms with Gasteiger partial charge in [-0.25, -0.2) is 0 Å². The van der Waals surface area contributed by atoms with Crippen molar-refractivity contribution in [2.45, 2.75) is 32.3 Å². The molecule has 30 heavy (non-hydrogen) atoms. The maximum atomic E-state index is 12.2. The van der Waals surface area contributed by atoms with Crippen LogP contribution in [0.5, 0.6) is 11.5 Å². The fourth-order valence-electron chi connectivity index (χ4n) is 3.23. The van der Waals surface area contributed by atoms with Gasteiger partial charge in [0.2, 0.25) is 0 Å². The van der Waals surface area contributed by atoms with Gasteiger partial charge in [0.1, 0.15) is 6.61 Å². The number of hydrogen-bond acceptors (Lipinski definition) is 5. The zero-order valence-corrected chi connectivity index (χ0v) is 17.9. The molecule has 1 saturated heterocycles. The van der Waals surface area contributed by atoms with Crippen molar-refractivity contribution >= 4 is 23.7 Å². The molecular weight excluding hydrogens is 404 g/mol. The highest BCUT2D eigenvalue weighted by Gasteiger charge is 2.15. The van der Waals surface area contributed by atoms with Crippen LogP contribution in [0.2, 0.25) is 5.02 Å². The molecular formula is C23H27ClN2O4. The van der Waals surface area contributed by atoms with Crippen molar-refractivity contribution in [3.05, 3.63) is 58.6 Å². The molecule has 0 N–H and O–H groups in total. The number of methoxy groups -OCH3 is 1. The third-order valence-corrected chi connectivity index (χ3v) is 5.17. The Bertz CT molecular complexity index is 847. The molecule has 160 valence electrons. The van der Waals surface area contributed by atoms with Crippen LogP contribution < -0.4 is 9.47 Å². The predicted molar refractivity (Wildman–Crippen MR) is 117 cm³/mol. The molecule has 0 radical (unpaired) electrons. The van der Waals surface area contributed by atoms with Gasteiger partial charge in [-0.2, -0.15) is 0 Å². The Morgan fingerprint density at radius 3 is 2.50 bits per heavy atom. The van der Waals surface area contributed by atoms with Crippen molar-refractivity contribution in [1.82, 2.24) is 4.90 Å². The molecule has 6 nitrogen and oxygen atoms in total. The van der Waals surface area contributed by atoms with E-state index >= 15 is 0 Å². The van der Waals surface area contributed by atoms with E-state index in [1.165, 1.54) is 12.8 Å². The molecule has 0 saturated carbocycles. The van der Waals surface area contributed by atoms with Gasteiger partial charge in [0, 0.05) is 23.7 Å². The second-order valence-corrected chi connectivity index (χ2v) is 7.56. The quantitative estimate of drug-likeness (QED) is 0.450. The van der Waals surface area contributed by atoms with E-state index in [-0.39, 0.29) is 12.5 Å². The summed E-state index contributed by atoms with van der Waals surface area (Å²) in [5.41, 5.74) is 1.79. The van der Waals surface area contributed by atoms with Crippen molar-refractivity contribution < 1.29 is 19.1 Å². The van der Waals surface area contributed by atoms with E-state index in [0.717, 1.165) is 37.1 Å². The van der Waals surface area contributed by atoms with Crippen LogP contribution in [0.3, 0.4) is 0 Å². The number of halogens is 1. The zero-order chi connectivity index (χ0) is 21.2. The van der Waals surface area contributed by atoms with Crippen LogP contribution in [0, 0.1) is 0 Å². The Morgan fingerprint density at radius 1 is 1.07 bits per heavy atom. The fourth-order valence-corrected chi connectivity index (χ4v) is 3.35. The molecule has 0 unspecified atom stereocenters. The third-order valence-electron chi connectivity index (χ3n) is 4.92. The molecule has 0 bridgehead atoms. The van der Waals surface area contributed by atoms with Gasteiger partial charge in [0.05, 0.1) is 13.3 Å². The van der Waals surface area contributed by atoms with E-state index < -0.39 is 0 Å². The number of carbonyl (C=O) groups is 1. The van der Waals surface area contributed by atoms with E-state index in [4.69, 9.17) is 25.9 Å². The van der Waals surface area contributed by atoms with E-state index in [1.54, 1.807) is 19.4 Å². The first kappa shape index (κ1) is 22.0. The number of ether oxygens (including phenoxy) is 2. The first-order valence-corrected chi connectivity index (χ1v) is 10.5. The van der Waals surface area contributed by atoms with Crippen LogP contribution in [-0.2, 0) is 16.2 Å². The lowest BCUT2D eigenvalue weighted by Gasteiger charge is -2.19. The average molecular weight is 431 g/mol. The summed E-state index contributed by atoms with van der Waals surface area (Å²) in [5, 5.41) is 4.62. The first-order chi connectivity index (χ1) is 14.7. The lowest BCUT2D eigenvalue weighted by molar-refractivity contribution is -0.136. The number of oxime groups is 1. The van der Waals surface area contributed by atoms with E-state index in [9.17, 15) is 4.79 Å². The van der Waals surface area contributed by atoms with Crippen LogP contribution in [0.4, 0.5) is 0 Å². The minimum atomic E-state index is -0.0457. The average Bonchev–Trinajstić information content (AvgIpc) is 3.06. The van der Waals surface area contributed by atoms with Crippen LogP contribution in [0.25, 0.3) is 0 Å². The van der Waals surface area contributed by atoms with Crippen LogP contribution in [-0.4, -0.2) is 43.8 Å². The minimum absolute atomic E-state index is 0.0161. The number of amides is 1. The van der Waals surface area contributed by atoms with Gasteiger partial charge < -0.3 is 19.2 Å². The maximum Gasteiger partial charge on any atom is 0.263 e. The minimum Gasteiger partial charge on any atom is -0.493 e. The number of nitrogens with zero attached hydrogens (tertiary/aromatic N) is 2. The Kier molecular flexibility index (Phi) is 8.39. The van der Waals surface area contributed by atoms with Crippen LogP contribution in [0.1, 0.15) is 36.8 Å². The highest BCUT2D eigenvalue weighted by molar-refractivity contribution is 6.30. The van der Waals surface area contributed by atoms with Crippen molar-refractivity contribution in [1.29, 1.82) is 0 Å². The van der Waals surface area contributed by atoms with Crippen molar-refractivity contribution in [3.8, 4) is 11.5 Å². The molecule has 7 heteroatoms. The molecule has 0 spiro atoms. The molecule has 0 aromatic heterocycles. The maximum absolute atomic E-state index is 12.2. The number of likely N-dealkylation sites (tertiary alicyclic amines) is 1. The topological polar surface area (TPSA) is 60.4 Å². The van der Waals surface area contributed by atoms with Crippen molar-refractivity contribution in [2.24, 2.45) is 5.16 Å². The highest BCUT2D eigenvalue weighted by atomic mass is 35.5. The molecule has 1 aliphatic heterocycles. The number of benzene rings is 2. The van der Waals surface area contributed by atoms with Gasteiger partial charge in [-0.1, -0.05) is 41.7 Å². The molecule has 3 rings (SSSR count). The summed E-state index contributed by atoms with van der Waals surface area (Å²) in [4.78, 5) is 19.3. The van der Waals surface area contributed by atoms with Crippen LogP contribution >= 0.6 is 11.6 Å². The van der Waals surface area contributed by atoms with E-state index in [2.05, 4.69) is 5.16 Å². The second kappa shape index (κ2) is 11.5. The summed E-state index contributed by atoms with van der Waals surface area (Å²) in [5.74, 6) is 1.20. The van der Waals surface area contributed by atoms with Crippen molar-refractivity contribution in [2.75, 3.05) is 26.8 Å². The smallest absolute Gasteiger partial charge is 0.263 e. The molecule has 1 amide bonds. The molecule has 1 heterocycles. The molecule has 1 aliphatic rings. The molecule has 2 aromatic rings. The second-order valence-electron chi connectivity index (χ2n) is 7.13. The van der Waals surface area contributed by atoms with Gasteiger partial charge in [-0.05, 0) is 48.7 Å². The van der Waals surface area contributed by atoms with Gasteiger partial charge in [-0.3, -0.25) is 4.79 Å². The molecule has 2 aromatic carbocycles. The lowest BCUT2D eigenvalue weighted by atomic mass is 10.2. The largest absolute Gasteiger partial charge is 0.493 e. The standard InChI is InChI=1S/C23H27ClN2O4/c1-28-22-14-19(8-11-21(22)29-16-18-6-9-20(24)10-7-18)15-25-30-17-23(27)26-12-4-2-3-5-13-26/h6-11,14-15H,2-5,12-13,16-17H2,1H3/b25-15+. The molecule has 1 fully saturated rings. The third kappa shape index (κ3) is 6.66. The number of rotatable bonds is 8. The monoisotopic (exact) mass is 430 g/mol. The summed E-state index contributed by atoms with van der Waals surface area (Å²) in [6.07, 6.45) is 6.04. The lowest BCUT2D eigenvalue weighted by Crippen LogP contribution is -2.34. The van der Waals surface area contributed by atoms with Gasteiger partial charge in [0.15, 0.2) is 18.1 Å². The first-order valence-electron chi connectivity index (χ1n) is 10.1. The van der Waals surface area contributed by atoms with Crippen molar-refractivity contribution in [3.63, 3.8) is 0 Å². The Hall–Kier alpha value is -2.73. The summed E-state index contributed by atoms with van der Waals surface area (Å²) >= 11 is 5.90. The van der Waals surface area contributed by atoms with Gasteiger partial charge in [0.25, 0.3) is 5.91 Å². The predicted octanol–water partition coefficient (Wildman–Crippen LogP) is 4.68. The summed E-state index contributed by atoms with van der Waals surface area (Å²) in [6, 6.07) is 13.0. The Balaban J connectivity index is 1.51. The Morgan fingerprint density at radius 2 is 1.80 bits per heavy atom. The normalized spacial score (nSPS) is 14.4. The van der Waals surface area contributed by atoms with E-state index in [0.29, 0.717) is 23.1 Å². The summed E-state index contributed by atoms with van der Waals surface area (Å²) < 4.78 is 11.3. The fraction of sp³-hybridized carbons (Fsp3) is 0.391. The van der Waals surface area contributed by atoms with Gasteiger partial charge in [-0.15, -0.1) is 0 Å². The SMILES string of the molecule is COc1cc(/C=N/OCC(=O)N2CCCCCC2)ccc1OCc1ccc(Cl)cc1. The summed E-state index contributed by atoms with van der Waals surface area (Å²) in [6.45, 7) is 1.97. The highest BCUT2D eigenvalue weighted by Crippen LogP contribution is 2.28. The molecule has 0 atom stereocenters. The molecule has 0 aliphatic carbocycles. The van der Waals surface area contributed by atoms with Crippen LogP contribution in [0.15, 0.2) is 47.6 Å². The zero-order valence-electron chi connectivity index (χ0n) is 17.2. The number of carbonyl (C=O) groups excluding carboxylic acids is 1. The Labute approximate surface area is 182 Å². The number of hydrogen-bond donors (Lipinski definition) is 0. The summed E-state index contributed by atoms with van der Waals surface area (Å²) in [7, 11) is 1.59.